The quantitative estimate of drug-likeness (QED) is 0.162. The van der Waals surface area contributed by atoms with Crippen molar-refractivity contribution in [2.24, 2.45) is 0 Å². The molecule has 14 aromatic rings. The van der Waals surface area contributed by atoms with Gasteiger partial charge in [0, 0.05) is 72.1 Å². The van der Waals surface area contributed by atoms with Gasteiger partial charge in [-0.2, -0.15) is 0 Å². The summed E-state index contributed by atoms with van der Waals surface area (Å²) < 4.78 is 4.90. The lowest BCUT2D eigenvalue weighted by molar-refractivity contribution is 1.06. The molecule has 12 aromatic carbocycles. The molecule has 4 nitrogen and oxygen atoms in total. The molecule has 0 amide bonds. The lowest BCUT2D eigenvalue weighted by atomic mass is 9.34. The Balaban J connectivity index is 0.000000125. The van der Waals surface area contributed by atoms with Gasteiger partial charge in [0.2, 0.25) is 13.4 Å². The van der Waals surface area contributed by atoms with Crippen molar-refractivity contribution < 1.29 is 0 Å². The Labute approximate surface area is 510 Å². The van der Waals surface area contributed by atoms with Crippen LogP contribution >= 0.6 is 47.0 Å². The maximum absolute atomic E-state index is 2.61. The minimum absolute atomic E-state index is 0.206. The van der Waals surface area contributed by atoms with Gasteiger partial charge in [-0.05, 0) is 115 Å². The Morgan fingerprint density at radius 2 is 0.600 bits per heavy atom. The fourth-order valence-corrected chi connectivity index (χ4v) is 20.2. The summed E-state index contributed by atoms with van der Waals surface area (Å²) in [4.78, 5) is 15.8. The van der Waals surface area contributed by atoms with Crippen LogP contribution in [0.3, 0.4) is 0 Å². The first-order chi connectivity index (χ1) is 41.9. The standard InChI is InChI=1S/C39H27BN2S2.C36H21BN2S2/c1-22-18-23(2)36(24(3)19-22)40-28-12-8-16-32-37(28)42-38-29(40)13-9-17-33(38)44-35-21-25(20-34(43-32)39(35)42)41-30-14-6-4-10-26(30)27-11-5-7-15-31(27)41;1-2-10-22(11-3-1)37-26-14-8-18-30-34(26)39-35-27(37)15-9-19-31(35)41-33-21-23(20-32(40-30)36(33)39)38-28-16-6-4-12-24(28)25-13-5-7-17-29(25)38/h4-21H,1-3H3;1-21H. The van der Waals surface area contributed by atoms with Gasteiger partial charge in [0.15, 0.2) is 0 Å². The van der Waals surface area contributed by atoms with Gasteiger partial charge in [0.1, 0.15) is 0 Å². The molecule has 20 rings (SSSR count). The van der Waals surface area contributed by atoms with E-state index in [2.05, 4.69) is 276 Å². The fourth-order valence-electron chi connectivity index (χ4n) is 15.4. The molecular formula is C75H48B2N4S4. The molecule has 0 unspecified atom stereocenters. The Kier molecular flexibility index (Phi) is 10.4. The zero-order chi connectivity index (χ0) is 55.9. The lowest BCUT2D eigenvalue weighted by Crippen LogP contribution is -2.59. The largest absolute Gasteiger partial charge is 0.309 e. The fraction of sp³-hybridized carbons (Fsp3) is 0.0400. The van der Waals surface area contributed by atoms with Crippen molar-refractivity contribution in [2.45, 2.75) is 59.9 Å². The second-order valence-electron chi connectivity index (χ2n) is 23.3. The summed E-state index contributed by atoms with van der Waals surface area (Å²) in [7, 11) is 0. The summed E-state index contributed by atoms with van der Waals surface area (Å²) in [5, 5.41) is 5.18. The number of fused-ring (bicyclic) bond motifs is 6. The molecule has 85 heavy (non-hydrogen) atoms. The molecule has 0 aliphatic carbocycles. The third-order valence-electron chi connectivity index (χ3n) is 18.5. The van der Waals surface area contributed by atoms with E-state index in [1.807, 2.05) is 47.0 Å². The van der Waals surface area contributed by atoms with E-state index in [1.54, 1.807) is 0 Å². The van der Waals surface area contributed by atoms with Crippen LogP contribution in [0.4, 0.5) is 34.1 Å². The number of hydrogen-bond donors (Lipinski definition) is 0. The summed E-state index contributed by atoms with van der Waals surface area (Å²) in [5.74, 6) is 0. The van der Waals surface area contributed by atoms with E-state index < -0.39 is 0 Å². The van der Waals surface area contributed by atoms with Gasteiger partial charge < -0.3 is 18.9 Å². The van der Waals surface area contributed by atoms with Gasteiger partial charge in [0.25, 0.3) is 0 Å². The predicted molar refractivity (Wildman–Crippen MR) is 364 cm³/mol. The van der Waals surface area contributed by atoms with Crippen LogP contribution in [-0.2, 0) is 0 Å². The highest BCUT2D eigenvalue weighted by molar-refractivity contribution is 8.01. The molecule has 0 saturated carbocycles. The van der Waals surface area contributed by atoms with Crippen LogP contribution in [-0.4, -0.2) is 22.6 Å². The molecule has 8 heterocycles. The second-order valence-corrected chi connectivity index (χ2v) is 27.6. The minimum Gasteiger partial charge on any atom is -0.309 e. The van der Waals surface area contributed by atoms with Gasteiger partial charge in [-0.25, -0.2) is 0 Å². The molecule has 0 saturated heterocycles. The first kappa shape index (κ1) is 48.7. The van der Waals surface area contributed by atoms with E-state index in [4.69, 9.17) is 0 Å². The first-order valence-corrected chi connectivity index (χ1v) is 32.5. The molecule has 0 N–H and O–H groups in total. The van der Waals surface area contributed by atoms with Crippen molar-refractivity contribution in [1.29, 1.82) is 0 Å². The van der Waals surface area contributed by atoms with Gasteiger partial charge in [0.05, 0.1) is 56.2 Å². The number of nitrogens with zero attached hydrogens (tertiary/aromatic N) is 4. The molecule has 0 spiro atoms. The average molecular weight is 1160 g/mol. The van der Waals surface area contributed by atoms with Crippen molar-refractivity contribution in [1.82, 2.24) is 9.13 Å². The first-order valence-electron chi connectivity index (χ1n) is 29.2. The van der Waals surface area contributed by atoms with Gasteiger partial charge in [-0.1, -0.05) is 238 Å². The van der Waals surface area contributed by atoms with Crippen molar-refractivity contribution in [2.75, 3.05) is 9.80 Å². The minimum atomic E-state index is 0.206. The number of benzene rings is 12. The van der Waals surface area contributed by atoms with E-state index in [0.29, 0.717) is 0 Å². The highest BCUT2D eigenvalue weighted by atomic mass is 32.2. The molecule has 6 aliphatic rings. The smallest absolute Gasteiger partial charge is 0.247 e. The molecule has 398 valence electrons. The number of anilines is 6. The Hall–Kier alpha value is -8.63. The summed E-state index contributed by atoms with van der Waals surface area (Å²) >= 11 is 7.70. The van der Waals surface area contributed by atoms with Crippen LogP contribution in [0.5, 0.6) is 0 Å². The Bertz CT molecular complexity index is 5010. The maximum Gasteiger partial charge on any atom is 0.247 e. The lowest BCUT2D eigenvalue weighted by Gasteiger charge is -2.45. The normalized spacial score (nSPS) is 14.0. The van der Waals surface area contributed by atoms with Crippen LogP contribution in [0.25, 0.3) is 55.0 Å². The monoisotopic (exact) mass is 1150 g/mol. The number of para-hydroxylation sites is 8. The zero-order valence-electron chi connectivity index (χ0n) is 46.6. The molecule has 0 atom stereocenters. The van der Waals surface area contributed by atoms with E-state index >= 15 is 0 Å². The van der Waals surface area contributed by atoms with Gasteiger partial charge >= 0.3 is 0 Å². The number of rotatable bonds is 4. The average Bonchev–Trinajstić information content (AvgIpc) is 1.41. The maximum atomic E-state index is 2.61. The van der Waals surface area contributed by atoms with Crippen molar-refractivity contribution >= 4 is 171 Å². The zero-order valence-corrected chi connectivity index (χ0v) is 49.9. The Morgan fingerprint density at radius 1 is 0.282 bits per heavy atom. The second kappa shape index (κ2) is 18.2. The number of aryl methyl sites for hydroxylation is 3. The van der Waals surface area contributed by atoms with Crippen molar-refractivity contribution in [3.05, 3.63) is 253 Å². The van der Waals surface area contributed by atoms with Crippen molar-refractivity contribution in [3.63, 3.8) is 0 Å². The Morgan fingerprint density at radius 3 is 0.953 bits per heavy atom. The number of aromatic nitrogens is 2. The summed E-state index contributed by atoms with van der Waals surface area (Å²) in [5.41, 5.74) is 28.0. The van der Waals surface area contributed by atoms with E-state index in [1.165, 1.54) is 178 Å². The van der Waals surface area contributed by atoms with Crippen LogP contribution in [0.1, 0.15) is 16.7 Å². The molecule has 2 aromatic heterocycles. The van der Waals surface area contributed by atoms with Gasteiger partial charge in [-0.15, -0.1) is 0 Å². The van der Waals surface area contributed by atoms with Crippen LogP contribution < -0.4 is 42.6 Å². The third-order valence-corrected chi connectivity index (χ3v) is 22.8. The predicted octanol–water partition coefficient (Wildman–Crippen LogP) is 16.9. The summed E-state index contributed by atoms with van der Waals surface area (Å²) in [6.45, 7) is 7.22. The van der Waals surface area contributed by atoms with E-state index in [9.17, 15) is 0 Å². The molecule has 6 aliphatic heterocycles. The molecule has 0 fully saturated rings. The molecule has 10 heteroatoms. The van der Waals surface area contributed by atoms with E-state index in [0.717, 1.165) is 0 Å². The molecule has 0 radical (unpaired) electrons. The van der Waals surface area contributed by atoms with Crippen molar-refractivity contribution in [3.8, 4) is 11.4 Å². The van der Waals surface area contributed by atoms with E-state index in [-0.39, 0.29) is 13.4 Å². The van der Waals surface area contributed by atoms with Crippen LogP contribution in [0, 0.1) is 20.8 Å². The summed E-state index contributed by atoms with van der Waals surface area (Å²) in [6.07, 6.45) is 0. The van der Waals surface area contributed by atoms with Crippen LogP contribution in [0.2, 0.25) is 0 Å². The highest BCUT2D eigenvalue weighted by Gasteiger charge is 2.46. The van der Waals surface area contributed by atoms with Crippen LogP contribution in [0.15, 0.2) is 276 Å². The molecular weight excluding hydrogens is 1110 g/mol. The third kappa shape index (κ3) is 6.85. The van der Waals surface area contributed by atoms with Gasteiger partial charge in [-0.3, -0.25) is 0 Å². The highest BCUT2D eigenvalue weighted by Crippen LogP contribution is 2.63. The summed E-state index contributed by atoms with van der Waals surface area (Å²) in [6, 6.07) is 88.2. The molecule has 0 bridgehead atoms. The SMILES string of the molecule is Cc1cc(C)c(B2c3cccc4c3N3c5c(cc(-n6c7ccccc7c7ccccc76)cc5Sc5cccc2c53)S4)c(C)c1.c1ccc(B2c3cccc4c3N3c5c(cc(-n6c7ccccc7c7ccccc76)cc5Sc5cccc2c53)S4)cc1. The topological polar surface area (TPSA) is 16.3 Å². The number of hydrogen-bond acceptors (Lipinski definition) is 6.